The Balaban J connectivity index is 1.05. The molecule has 6 rings (SSSR count). The molecule has 0 radical (unpaired) electrons. The monoisotopic (exact) mass is 599 g/mol. The number of nitrogens with one attached hydrogen (secondary N) is 2. The van der Waals surface area contributed by atoms with Gasteiger partial charge in [-0.3, -0.25) is 9.59 Å². The second kappa shape index (κ2) is 12.8. The van der Waals surface area contributed by atoms with Crippen LogP contribution in [0.5, 0.6) is 5.75 Å². The van der Waals surface area contributed by atoms with Gasteiger partial charge in [0.05, 0.1) is 6.21 Å². The van der Waals surface area contributed by atoms with Gasteiger partial charge >= 0.3 is 5.91 Å². The molecule has 0 bridgehead atoms. The first-order valence-electron chi connectivity index (χ1n) is 14.6. The summed E-state index contributed by atoms with van der Waals surface area (Å²) in [5.41, 5.74) is 9.33. The van der Waals surface area contributed by atoms with Crippen LogP contribution < -0.4 is 15.5 Å². The van der Waals surface area contributed by atoms with E-state index in [1.54, 1.807) is 18.3 Å². The highest BCUT2D eigenvalue weighted by Gasteiger charge is 2.13. The molecule has 9 nitrogen and oxygen atoms in total. The van der Waals surface area contributed by atoms with Crippen LogP contribution in [-0.2, 0) is 17.9 Å². The maximum absolute atomic E-state index is 12.8. The number of hydrogen-bond donors (Lipinski definition) is 2. The van der Waals surface area contributed by atoms with E-state index in [1.165, 1.54) is 0 Å². The Labute approximate surface area is 260 Å². The van der Waals surface area contributed by atoms with E-state index in [9.17, 15) is 9.59 Å². The van der Waals surface area contributed by atoms with Crippen molar-refractivity contribution >= 4 is 34.6 Å². The number of hydrogen-bond acceptors (Lipinski definition) is 5. The molecule has 9 heteroatoms. The zero-order valence-corrected chi connectivity index (χ0v) is 25.3. The van der Waals surface area contributed by atoms with Gasteiger partial charge in [0.2, 0.25) is 5.91 Å². The Kier molecular flexibility index (Phi) is 8.32. The lowest BCUT2D eigenvalue weighted by atomic mass is 10.2. The number of benzene rings is 3. The highest BCUT2D eigenvalue weighted by Crippen LogP contribution is 2.22. The number of carbonyl (C=O) groups excluding carboxylic acids is 2. The Morgan fingerprint density at radius 3 is 2.38 bits per heavy atom. The van der Waals surface area contributed by atoms with E-state index in [0.717, 1.165) is 44.8 Å². The van der Waals surface area contributed by atoms with Crippen LogP contribution in [0, 0.1) is 20.8 Å². The fourth-order valence-electron chi connectivity index (χ4n) is 5.28. The first-order valence-corrected chi connectivity index (χ1v) is 14.6. The molecular weight excluding hydrogens is 566 g/mol. The molecule has 226 valence electrons. The number of furan rings is 1. The second-order valence-electron chi connectivity index (χ2n) is 10.8. The Hall–Kier alpha value is -5.83. The highest BCUT2D eigenvalue weighted by atomic mass is 16.5. The number of hydrazone groups is 1. The summed E-state index contributed by atoms with van der Waals surface area (Å²) in [5.74, 6) is 0.701. The van der Waals surface area contributed by atoms with Crippen LogP contribution in [0.2, 0.25) is 0 Å². The number of amides is 2. The Morgan fingerprint density at radius 1 is 0.867 bits per heavy atom. The molecule has 2 amide bonds. The molecule has 6 aromatic rings. The SMILES string of the molecule is Cc1ccccc1NC(=O)Cn1cc(/C=N/NC(=O)c2ccc(COc3ccc(-n4c(C)ccc4C)cc3)o2)c2ccccc21. The fraction of sp³-hybridized carbons (Fsp3) is 0.139. The van der Waals surface area contributed by atoms with Gasteiger partial charge in [-0.2, -0.15) is 5.10 Å². The van der Waals surface area contributed by atoms with Crippen LogP contribution >= 0.6 is 0 Å². The lowest BCUT2D eigenvalue weighted by Gasteiger charge is -2.10. The average molecular weight is 600 g/mol. The fourth-order valence-corrected chi connectivity index (χ4v) is 5.28. The minimum Gasteiger partial charge on any atom is -0.486 e. The number of carbonyl (C=O) groups is 2. The van der Waals surface area contributed by atoms with E-state index in [4.69, 9.17) is 9.15 Å². The van der Waals surface area contributed by atoms with E-state index in [1.807, 2.05) is 90.5 Å². The minimum atomic E-state index is -0.485. The Morgan fingerprint density at radius 2 is 1.60 bits per heavy atom. The van der Waals surface area contributed by atoms with Gasteiger partial charge < -0.3 is 23.6 Å². The van der Waals surface area contributed by atoms with Gasteiger partial charge in [0.1, 0.15) is 24.7 Å². The molecule has 0 spiro atoms. The van der Waals surface area contributed by atoms with Crippen LogP contribution in [0.4, 0.5) is 5.69 Å². The van der Waals surface area contributed by atoms with Crippen LogP contribution in [0.3, 0.4) is 0 Å². The van der Waals surface area contributed by atoms with Crippen molar-refractivity contribution in [2.24, 2.45) is 5.10 Å². The smallest absolute Gasteiger partial charge is 0.307 e. The maximum atomic E-state index is 12.8. The zero-order valence-electron chi connectivity index (χ0n) is 25.3. The molecule has 0 aliphatic heterocycles. The van der Waals surface area contributed by atoms with Crippen molar-refractivity contribution in [1.29, 1.82) is 0 Å². The van der Waals surface area contributed by atoms with Gasteiger partial charge in [0, 0.05) is 45.4 Å². The van der Waals surface area contributed by atoms with Crippen LogP contribution in [0.25, 0.3) is 16.6 Å². The summed E-state index contributed by atoms with van der Waals surface area (Å²) in [5, 5.41) is 8.03. The van der Waals surface area contributed by atoms with Gasteiger partial charge in [-0.25, -0.2) is 5.43 Å². The molecule has 3 aromatic heterocycles. The zero-order chi connectivity index (χ0) is 31.3. The molecule has 45 heavy (non-hydrogen) atoms. The van der Waals surface area contributed by atoms with Crippen molar-refractivity contribution in [2.45, 2.75) is 33.9 Å². The van der Waals surface area contributed by atoms with Crippen molar-refractivity contribution in [1.82, 2.24) is 14.6 Å². The highest BCUT2D eigenvalue weighted by molar-refractivity contribution is 6.01. The van der Waals surface area contributed by atoms with Crippen molar-refractivity contribution < 1.29 is 18.7 Å². The second-order valence-corrected chi connectivity index (χ2v) is 10.8. The molecule has 2 N–H and O–H groups in total. The number of ether oxygens (including phenoxy) is 1. The third kappa shape index (κ3) is 6.57. The average Bonchev–Trinajstić information content (AvgIpc) is 3.75. The molecule has 0 aliphatic carbocycles. The summed E-state index contributed by atoms with van der Waals surface area (Å²) < 4.78 is 15.6. The quantitative estimate of drug-likeness (QED) is 0.132. The molecule has 0 atom stereocenters. The van der Waals surface area contributed by atoms with Crippen LogP contribution in [0.15, 0.2) is 113 Å². The normalized spacial score (nSPS) is 11.3. The maximum Gasteiger partial charge on any atom is 0.307 e. The third-order valence-electron chi connectivity index (χ3n) is 7.55. The summed E-state index contributed by atoms with van der Waals surface area (Å²) in [6, 6.07) is 30.7. The van der Waals surface area contributed by atoms with Gasteiger partial charge in [-0.1, -0.05) is 36.4 Å². The number of anilines is 1. The number of aromatic nitrogens is 2. The van der Waals surface area contributed by atoms with Gasteiger partial charge in [-0.05, 0) is 87.0 Å². The van der Waals surface area contributed by atoms with E-state index in [-0.39, 0.29) is 24.8 Å². The van der Waals surface area contributed by atoms with Crippen molar-refractivity contribution in [3.8, 4) is 11.4 Å². The number of para-hydroxylation sites is 2. The number of rotatable bonds is 10. The van der Waals surface area contributed by atoms with E-state index < -0.39 is 5.91 Å². The summed E-state index contributed by atoms with van der Waals surface area (Å²) >= 11 is 0. The Bertz CT molecular complexity index is 1990. The predicted octanol–water partition coefficient (Wildman–Crippen LogP) is 6.93. The first-order chi connectivity index (χ1) is 21.9. The summed E-state index contributed by atoms with van der Waals surface area (Å²) in [6.45, 7) is 6.40. The molecule has 3 aromatic carbocycles. The van der Waals surface area contributed by atoms with E-state index >= 15 is 0 Å². The number of aryl methyl sites for hydroxylation is 3. The molecule has 0 unspecified atom stereocenters. The topological polar surface area (TPSA) is 103 Å². The third-order valence-corrected chi connectivity index (χ3v) is 7.55. The van der Waals surface area contributed by atoms with Crippen LogP contribution in [0.1, 0.15) is 38.8 Å². The summed E-state index contributed by atoms with van der Waals surface area (Å²) in [7, 11) is 0. The standard InChI is InChI=1S/C36H33N5O4/c1-24-8-4-6-10-32(24)38-35(42)22-40-21-27(31-9-5-7-11-33(31)40)20-37-39-36(43)34-19-18-30(45-34)23-44-29-16-14-28(15-17-29)41-25(2)12-13-26(41)3/h4-21H,22-23H2,1-3H3,(H,38,42)(H,39,43)/b37-20+. The largest absolute Gasteiger partial charge is 0.486 e. The molecule has 3 heterocycles. The molecule has 0 fully saturated rings. The number of nitrogens with zero attached hydrogens (tertiary/aromatic N) is 3. The number of fused-ring (bicyclic) bond motifs is 1. The van der Waals surface area contributed by atoms with E-state index in [2.05, 4.69) is 46.4 Å². The van der Waals surface area contributed by atoms with Crippen molar-refractivity contribution in [3.63, 3.8) is 0 Å². The van der Waals surface area contributed by atoms with Gasteiger partial charge in [0.15, 0.2) is 5.76 Å². The summed E-state index contributed by atoms with van der Waals surface area (Å²) in [4.78, 5) is 25.5. The first kappa shape index (κ1) is 29.3. The van der Waals surface area contributed by atoms with Crippen LogP contribution in [-0.4, -0.2) is 27.2 Å². The molecule has 0 aliphatic rings. The predicted molar refractivity (Wildman–Crippen MR) is 175 cm³/mol. The minimum absolute atomic E-state index is 0.120. The lowest BCUT2D eigenvalue weighted by molar-refractivity contribution is -0.116. The molecular formula is C36H33N5O4. The van der Waals surface area contributed by atoms with Crippen molar-refractivity contribution in [3.05, 3.63) is 137 Å². The molecule has 0 saturated heterocycles. The van der Waals surface area contributed by atoms with Gasteiger partial charge in [0.25, 0.3) is 0 Å². The van der Waals surface area contributed by atoms with Gasteiger partial charge in [-0.15, -0.1) is 0 Å². The lowest BCUT2D eigenvalue weighted by Crippen LogP contribution is -2.18. The molecule has 0 saturated carbocycles. The van der Waals surface area contributed by atoms with Crippen molar-refractivity contribution in [2.75, 3.05) is 5.32 Å². The van der Waals surface area contributed by atoms with E-state index in [0.29, 0.717) is 11.5 Å². The summed E-state index contributed by atoms with van der Waals surface area (Å²) in [6.07, 6.45) is 3.40.